The number of para-hydroxylation sites is 1. The van der Waals surface area contributed by atoms with Gasteiger partial charge in [0.1, 0.15) is 5.75 Å². The zero-order chi connectivity index (χ0) is 15.7. The zero-order valence-electron chi connectivity index (χ0n) is 13.2. The minimum atomic E-state index is -0.186. The van der Waals surface area contributed by atoms with Gasteiger partial charge in [-0.25, -0.2) is 0 Å². The number of aromatic nitrogens is 2. The molecule has 2 aromatic rings. The van der Waals surface area contributed by atoms with Crippen LogP contribution in [0.5, 0.6) is 5.75 Å². The van der Waals surface area contributed by atoms with Gasteiger partial charge in [-0.1, -0.05) is 30.2 Å². The Labute approximate surface area is 135 Å². The molecule has 1 fully saturated rings. The minimum absolute atomic E-state index is 0.186. The highest BCUT2D eigenvalue weighted by Gasteiger charge is 2.30. The van der Waals surface area contributed by atoms with Gasteiger partial charge in [0.15, 0.2) is 6.10 Å². The number of hydrogen-bond acceptors (Lipinski definition) is 6. The number of ether oxygens (including phenoxy) is 2. The monoisotopic (exact) mass is 315 g/mol. The van der Waals surface area contributed by atoms with Gasteiger partial charge in [-0.15, -0.1) is 5.10 Å². The summed E-state index contributed by atoms with van der Waals surface area (Å²) >= 11 is 0. The molecule has 0 aliphatic carbocycles. The van der Waals surface area contributed by atoms with E-state index in [-0.39, 0.29) is 11.5 Å². The average Bonchev–Trinajstić information content (AvgIpc) is 3.20. The van der Waals surface area contributed by atoms with E-state index in [1.807, 2.05) is 18.2 Å². The summed E-state index contributed by atoms with van der Waals surface area (Å²) in [6, 6.07) is 8.48. The molecule has 1 aromatic carbocycles. The van der Waals surface area contributed by atoms with E-state index in [1.54, 1.807) is 0 Å². The molecular formula is C17H21N3O3. The molecule has 0 amide bonds. The summed E-state index contributed by atoms with van der Waals surface area (Å²) in [5.74, 6) is 1.43. The maximum Gasteiger partial charge on any atom is 0.315 e. The van der Waals surface area contributed by atoms with Crippen molar-refractivity contribution in [3.63, 3.8) is 0 Å². The van der Waals surface area contributed by atoms with E-state index >= 15 is 0 Å². The van der Waals surface area contributed by atoms with Gasteiger partial charge in [0, 0.05) is 26.2 Å². The Morgan fingerprint density at radius 2 is 2.04 bits per heavy atom. The Hall–Kier alpha value is -2.08. The Morgan fingerprint density at radius 3 is 2.87 bits per heavy atom. The smallest absolute Gasteiger partial charge is 0.315 e. The van der Waals surface area contributed by atoms with Crippen molar-refractivity contribution in [1.82, 2.24) is 10.2 Å². The van der Waals surface area contributed by atoms with Crippen molar-refractivity contribution in [3.8, 4) is 5.75 Å². The Kier molecular flexibility index (Phi) is 3.69. The lowest BCUT2D eigenvalue weighted by molar-refractivity contribution is 0.0297. The first-order chi connectivity index (χ1) is 11.2. The van der Waals surface area contributed by atoms with E-state index in [0.717, 1.165) is 44.8 Å². The van der Waals surface area contributed by atoms with Crippen LogP contribution in [0.15, 0.2) is 28.7 Å². The van der Waals surface area contributed by atoms with Crippen molar-refractivity contribution in [3.05, 3.63) is 35.7 Å². The predicted molar refractivity (Wildman–Crippen MR) is 84.5 cm³/mol. The molecule has 1 N–H and O–H groups in total. The molecule has 1 aromatic heterocycles. The summed E-state index contributed by atoms with van der Waals surface area (Å²) < 4.78 is 17.0. The molecule has 3 heterocycles. The predicted octanol–water partition coefficient (Wildman–Crippen LogP) is 2.97. The van der Waals surface area contributed by atoms with E-state index in [9.17, 15) is 0 Å². The summed E-state index contributed by atoms with van der Waals surface area (Å²) in [5.41, 5.74) is 1.40. The molecule has 6 heteroatoms. The molecule has 2 aliphatic heterocycles. The molecular weight excluding hydrogens is 294 g/mol. The van der Waals surface area contributed by atoms with E-state index < -0.39 is 0 Å². The van der Waals surface area contributed by atoms with Gasteiger partial charge in [-0.2, -0.15) is 0 Å². The normalized spacial score (nSPS) is 22.4. The largest absolute Gasteiger partial charge is 0.480 e. The fourth-order valence-electron chi connectivity index (χ4n) is 3.09. The second-order valence-electron chi connectivity index (χ2n) is 6.64. The number of anilines is 1. The average molecular weight is 315 g/mol. The van der Waals surface area contributed by atoms with Crippen LogP contribution in [0, 0.1) is 5.41 Å². The second-order valence-corrected chi connectivity index (χ2v) is 6.64. The van der Waals surface area contributed by atoms with Crippen LogP contribution in [-0.4, -0.2) is 30.0 Å². The van der Waals surface area contributed by atoms with Gasteiger partial charge in [0.05, 0.1) is 0 Å². The SMILES string of the molecule is CC1(CNc2nnc(C3Cc4ccccc4O3)o2)CCOCC1. The van der Waals surface area contributed by atoms with Crippen molar-refractivity contribution < 1.29 is 13.9 Å². The number of rotatable bonds is 4. The topological polar surface area (TPSA) is 69.4 Å². The van der Waals surface area contributed by atoms with E-state index in [0.29, 0.717) is 11.9 Å². The highest BCUT2D eigenvalue weighted by molar-refractivity contribution is 5.38. The van der Waals surface area contributed by atoms with Crippen molar-refractivity contribution in [1.29, 1.82) is 0 Å². The maximum atomic E-state index is 5.88. The highest BCUT2D eigenvalue weighted by Crippen LogP contribution is 2.36. The van der Waals surface area contributed by atoms with Crippen LogP contribution in [-0.2, 0) is 11.2 Å². The third kappa shape index (κ3) is 3.03. The number of hydrogen-bond donors (Lipinski definition) is 1. The van der Waals surface area contributed by atoms with Gasteiger partial charge < -0.3 is 19.2 Å². The summed E-state index contributed by atoms with van der Waals surface area (Å²) in [7, 11) is 0. The van der Waals surface area contributed by atoms with E-state index in [4.69, 9.17) is 13.9 Å². The van der Waals surface area contributed by atoms with Crippen molar-refractivity contribution >= 4 is 6.01 Å². The molecule has 0 radical (unpaired) electrons. The van der Waals surface area contributed by atoms with Crippen LogP contribution in [0.3, 0.4) is 0 Å². The Morgan fingerprint density at radius 1 is 1.22 bits per heavy atom. The third-order valence-electron chi connectivity index (χ3n) is 4.73. The molecule has 4 rings (SSSR count). The lowest BCUT2D eigenvalue weighted by Gasteiger charge is -2.33. The van der Waals surface area contributed by atoms with Crippen molar-refractivity contribution in [2.75, 3.05) is 25.1 Å². The second kappa shape index (κ2) is 5.85. The molecule has 1 atom stereocenters. The van der Waals surface area contributed by atoms with E-state index in [1.165, 1.54) is 5.56 Å². The first kappa shape index (κ1) is 14.5. The molecule has 1 saturated heterocycles. The van der Waals surface area contributed by atoms with Gasteiger partial charge in [-0.05, 0) is 29.9 Å². The molecule has 0 saturated carbocycles. The minimum Gasteiger partial charge on any atom is -0.480 e. The van der Waals surface area contributed by atoms with Crippen molar-refractivity contribution in [2.24, 2.45) is 5.41 Å². The van der Waals surface area contributed by atoms with Crippen LogP contribution in [0.4, 0.5) is 6.01 Å². The zero-order valence-corrected chi connectivity index (χ0v) is 13.2. The number of benzene rings is 1. The molecule has 0 spiro atoms. The number of nitrogens with one attached hydrogen (secondary N) is 1. The fraction of sp³-hybridized carbons (Fsp3) is 0.529. The lowest BCUT2D eigenvalue weighted by Crippen LogP contribution is -2.33. The van der Waals surface area contributed by atoms with Crippen LogP contribution < -0.4 is 10.1 Å². The van der Waals surface area contributed by atoms with Crippen LogP contribution in [0.25, 0.3) is 0 Å². The molecule has 122 valence electrons. The standard InChI is InChI=1S/C17H21N3O3/c1-17(6-8-21-9-7-17)11-18-16-20-19-15(23-16)14-10-12-4-2-3-5-13(12)22-14/h2-5,14H,6-11H2,1H3,(H,18,20). The van der Waals surface area contributed by atoms with E-state index in [2.05, 4.69) is 28.5 Å². The maximum absolute atomic E-state index is 5.88. The summed E-state index contributed by atoms with van der Waals surface area (Å²) in [5, 5.41) is 11.5. The quantitative estimate of drug-likeness (QED) is 0.935. The van der Waals surface area contributed by atoms with Gasteiger partial charge in [0.2, 0.25) is 0 Å². The lowest BCUT2D eigenvalue weighted by atomic mass is 9.82. The van der Waals surface area contributed by atoms with Crippen LogP contribution in [0.1, 0.15) is 37.3 Å². The molecule has 2 aliphatic rings. The highest BCUT2D eigenvalue weighted by atomic mass is 16.5. The van der Waals surface area contributed by atoms with Crippen molar-refractivity contribution in [2.45, 2.75) is 32.3 Å². The van der Waals surface area contributed by atoms with Gasteiger partial charge >= 0.3 is 6.01 Å². The summed E-state index contributed by atoms with van der Waals surface area (Å²) in [4.78, 5) is 0. The first-order valence-corrected chi connectivity index (χ1v) is 8.11. The molecule has 0 bridgehead atoms. The van der Waals surface area contributed by atoms with Crippen LogP contribution in [0.2, 0.25) is 0 Å². The Bertz CT molecular complexity index is 654. The fourth-order valence-corrected chi connectivity index (χ4v) is 3.09. The Balaban J connectivity index is 1.38. The first-order valence-electron chi connectivity index (χ1n) is 8.11. The van der Waals surface area contributed by atoms with Crippen LogP contribution >= 0.6 is 0 Å². The van der Waals surface area contributed by atoms with Gasteiger partial charge in [-0.3, -0.25) is 0 Å². The van der Waals surface area contributed by atoms with Gasteiger partial charge in [0.25, 0.3) is 5.89 Å². The molecule has 1 unspecified atom stereocenters. The number of nitrogens with zero attached hydrogens (tertiary/aromatic N) is 2. The third-order valence-corrected chi connectivity index (χ3v) is 4.73. The summed E-state index contributed by atoms with van der Waals surface area (Å²) in [6.45, 7) is 4.71. The molecule has 23 heavy (non-hydrogen) atoms. The number of fused-ring (bicyclic) bond motifs is 1. The molecule has 6 nitrogen and oxygen atoms in total. The summed E-state index contributed by atoms with van der Waals surface area (Å²) in [6.07, 6.45) is 2.67.